The lowest BCUT2D eigenvalue weighted by Crippen LogP contribution is -2.21. The number of sulfone groups is 1. The van der Waals surface area contributed by atoms with Crippen LogP contribution in [0.5, 0.6) is 5.75 Å². The van der Waals surface area contributed by atoms with Gasteiger partial charge in [0.1, 0.15) is 5.75 Å². The third-order valence-corrected chi connectivity index (χ3v) is 9.35. The van der Waals surface area contributed by atoms with Gasteiger partial charge in [-0.3, -0.25) is 4.79 Å². The van der Waals surface area contributed by atoms with Gasteiger partial charge in [-0.1, -0.05) is 58.7 Å². The summed E-state index contributed by atoms with van der Waals surface area (Å²) in [5.74, 6) is -0.328. The average molecular weight is 567 g/mol. The summed E-state index contributed by atoms with van der Waals surface area (Å²) in [6.45, 7) is 11.4. The molecule has 0 saturated heterocycles. The highest BCUT2D eigenvalue weighted by atomic mass is 32.2. The zero-order valence-electron chi connectivity index (χ0n) is 23.5. The number of rotatable bonds is 12. The first-order valence-electron chi connectivity index (χ1n) is 12.8. The minimum absolute atomic E-state index is 0.148. The van der Waals surface area contributed by atoms with Crippen molar-refractivity contribution < 1.29 is 26.4 Å². The SMILES string of the molecule is CCCCC(CC(=O)Nc1cc(CS(N)(=O)=O)ccc1C(C)(C)C)c1ccc(S(=O)(=O)C(C)C)cc1OC. The second-order valence-electron chi connectivity index (χ2n) is 11.0. The highest BCUT2D eigenvalue weighted by Crippen LogP contribution is 2.36. The van der Waals surface area contributed by atoms with E-state index in [1.807, 2.05) is 26.8 Å². The van der Waals surface area contributed by atoms with Crippen LogP contribution in [0.15, 0.2) is 41.3 Å². The van der Waals surface area contributed by atoms with E-state index in [4.69, 9.17) is 9.88 Å². The molecule has 0 bridgehead atoms. The first-order chi connectivity index (χ1) is 17.5. The summed E-state index contributed by atoms with van der Waals surface area (Å²) in [4.78, 5) is 13.5. The summed E-state index contributed by atoms with van der Waals surface area (Å²) in [7, 11) is -5.72. The van der Waals surface area contributed by atoms with Crippen molar-refractivity contribution in [2.24, 2.45) is 5.14 Å². The van der Waals surface area contributed by atoms with E-state index < -0.39 is 25.1 Å². The molecule has 0 aliphatic rings. The molecule has 1 unspecified atom stereocenters. The van der Waals surface area contributed by atoms with Crippen LogP contribution < -0.4 is 15.2 Å². The van der Waals surface area contributed by atoms with Crippen molar-refractivity contribution in [3.05, 3.63) is 53.1 Å². The van der Waals surface area contributed by atoms with Crippen LogP contribution in [0, 0.1) is 0 Å². The summed E-state index contributed by atoms with van der Waals surface area (Å²) >= 11 is 0. The highest BCUT2D eigenvalue weighted by Gasteiger charge is 2.26. The second-order valence-corrected chi connectivity index (χ2v) is 15.1. The van der Waals surface area contributed by atoms with Crippen molar-refractivity contribution in [2.75, 3.05) is 12.4 Å². The molecule has 8 nitrogen and oxygen atoms in total. The number of amides is 1. The highest BCUT2D eigenvalue weighted by molar-refractivity contribution is 7.92. The van der Waals surface area contributed by atoms with Crippen LogP contribution in [0.4, 0.5) is 5.69 Å². The maximum absolute atomic E-state index is 13.4. The summed E-state index contributed by atoms with van der Waals surface area (Å²) in [5, 5.41) is 7.66. The Morgan fingerprint density at radius 3 is 2.24 bits per heavy atom. The van der Waals surface area contributed by atoms with Crippen LogP contribution in [0.2, 0.25) is 0 Å². The van der Waals surface area contributed by atoms with E-state index in [9.17, 15) is 21.6 Å². The average Bonchev–Trinajstić information content (AvgIpc) is 2.79. The van der Waals surface area contributed by atoms with E-state index in [-0.39, 0.29) is 34.3 Å². The number of hydrogen-bond donors (Lipinski definition) is 2. The molecule has 2 rings (SSSR count). The molecule has 0 aliphatic carbocycles. The smallest absolute Gasteiger partial charge is 0.224 e. The Morgan fingerprint density at radius 1 is 1.05 bits per heavy atom. The van der Waals surface area contributed by atoms with E-state index in [2.05, 4.69) is 12.2 Å². The molecular weight excluding hydrogens is 524 g/mol. The molecule has 0 aliphatic heterocycles. The normalized spacial score (nSPS) is 13.4. The minimum atomic E-state index is -3.73. The summed E-state index contributed by atoms with van der Waals surface area (Å²) in [5.41, 5.74) is 2.38. The number of unbranched alkanes of at least 4 members (excludes halogenated alkanes) is 1. The van der Waals surface area contributed by atoms with Crippen molar-refractivity contribution in [3.63, 3.8) is 0 Å². The molecule has 1 atom stereocenters. The number of carbonyl (C=O) groups is 1. The number of nitrogens with two attached hydrogens (primary N) is 1. The Bertz CT molecular complexity index is 1340. The summed E-state index contributed by atoms with van der Waals surface area (Å²) < 4.78 is 54.3. The molecule has 1 amide bonds. The van der Waals surface area contributed by atoms with Gasteiger partial charge in [0.15, 0.2) is 9.84 Å². The van der Waals surface area contributed by atoms with Gasteiger partial charge in [-0.25, -0.2) is 22.0 Å². The molecule has 0 aromatic heterocycles. The van der Waals surface area contributed by atoms with Gasteiger partial charge in [0.05, 0.1) is 23.0 Å². The van der Waals surface area contributed by atoms with Crippen LogP contribution in [-0.4, -0.2) is 35.1 Å². The monoisotopic (exact) mass is 566 g/mol. The molecule has 2 aromatic rings. The molecule has 2 aromatic carbocycles. The Morgan fingerprint density at radius 2 is 1.71 bits per heavy atom. The van der Waals surface area contributed by atoms with E-state index in [0.29, 0.717) is 23.4 Å². The fourth-order valence-corrected chi connectivity index (χ4v) is 6.11. The number of anilines is 1. The Hall–Kier alpha value is -2.43. The number of sulfonamides is 1. The van der Waals surface area contributed by atoms with E-state index in [1.54, 1.807) is 38.1 Å². The van der Waals surface area contributed by atoms with Gasteiger partial charge in [-0.2, -0.15) is 0 Å². The fourth-order valence-electron chi connectivity index (χ4n) is 4.39. The number of primary sulfonamides is 1. The predicted molar refractivity (Wildman–Crippen MR) is 153 cm³/mol. The van der Waals surface area contributed by atoms with Gasteiger partial charge in [-0.15, -0.1) is 0 Å². The maximum Gasteiger partial charge on any atom is 0.224 e. The van der Waals surface area contributed by atoms with Gasteiger partial charge in [0.2, 0.25) is 15.9 Å². The predicted octanol–water partition coefficient (Wildman–Crippen LogP) is 5.27. The summed E-state index contributed by atoms with van der Waals surface area (Å²) in [6.07, 6.45) is 2.68. The molecule has 38 heavy (non-hydrogen) atoms. The van der Waals surface area contributed by atoms with Crippen molar-refractivity contribution in [1.29, 1.82) is 0 Å². The molecule has 3 N–H and O–H groups in total. The number of nitrogens with one attached hydrogen (secondary N) is 1. The lowest BCUT2D eigenvalue weighted by atomic mass is 9.85. The second kappa shape index (κ2) is 12.6. The van der Waals surface area contributed by atoms with Gasteiger partial charge >= 0.3 is 0 Å². The third-order valence-electron chi connectivity index (χ3n) is 6.47. The van der Waals surface area contributed by atoms with Gasteiger partial charge < -0.3 is 10.1 Å². The number of methoxy groups -OCH3 is 1. The molecular formula is C28H42N2O6S2. The van der Waals surface area contributed by atoms with Crippen molar-refractivity contribution in [3.8, 4) is 5.75 Å². The molecule has 0 fully saturated rings. The zero-order chi connectivity index (χ0) is 28.9. The van der Waals surface area contributed by atoms with Crippen LogP contribution in [0.1, 0.15) is 89.8 Å². The maximum atomic E-state index is 13.4. The quantitative estimate of drug-likeness (QED) is 0.360. The van der Waals surface area contributed by atoms with Crippen molar-refractivity contribution >= 4 is 31.5 Å². The molecule has 0 heterocycles. The van der Waals surface area contributed by atoms with Crippen LogP contribution in [-0.2, 0) is 35.8 Å². The Labute approximate surface area is 228 Å². The number of ether oxygens (including phenoxy) is 1. The minimum Gasteiger partial charge on any atom is -0.496 e. The lowest BCUT2D eigenvalue weighted by Gasteiger charge is -2.25. The zero-order valence-corrected chi connectivity index (χ0v) is 25.1. The largest absolute Gasteiger partial charge is 0.496 e. The van der Waals surface area contributed by atoms with Gasteiger partial charge in [0, 0.05) is 12.1 Å². The first-order valence-corrected chi connectivity index (χ1v) is 16.1. The summed E-state index contributed by atoms with van der Waals surface area (Å²) in [6, 6.07) is 10.1. The van der Waals surface area contributed by atoms with Gasteiger partial charge in [0.25, 0.3) is 0 Å². The number of carbonyl (C=O) groups excluding carboxylic acids is 1. The van der Waals surface area contributed by atoms with Crippen molar-refractivity contribution in [2.45, 2.75) is 94.5 Å². The van der Waals surface area contributed by atoms with Crippen LogP contribution in [0.25, 0.3) is 0 Å². The number of hydrogen-bond acceptors (Lipinski definition) is 6. The lowest BCUT2D eigenvalue weighted by molar-refractivity contribution is -0.116. The Balaban J connectivity index is 2.43. The topological polar surface area (TPSA) is 133 Å². The van der Waals surface area contributed by atoms with E-state index in [0.717, 1.165) is 24.0 Å². The molecule has 212 valence electrons. The fraction of sp³-hybridized carbons (Fsp3) is 0.536. The molecule has 10 heteroatoms. The Kier molecular flexibility index (Phi) is 10.6. The standard InChI is InChI=1S/C28H42N2O6S2/c1-8-9-10-21(23-13-12-22(17-26(23)36-7)38(34,35)19(2)3)16-27(31)30-25-15-20(18-37(29,32)33)11-14-24(25)28(4,5)6/h11-15,17,19,21H,8-10,16,18H2,1-7H3,(H,30,31)(H2,29,32,33). The first kappa shape index (κ1) is 31.8. The van der Waals surface area contributed by atoms with Crippen molar-refractivity contribution in [1.82, 2.24) is 0 Å². The van der Waals surface area contributed by atoms with Crippen LogP contribution >= 0.6 is 0 Å². The third kappa shape index (κ3) is 8.54. The molecule has 0 spiro atoms. The van der Waals surface area contributed by atoms with Gasteiger partial charge in [-0.05, 0) is 66.5 Å². The molecule has 0 saturated carbocycles. The number of benzene rings is 2. The van der Waals surface area contributed by atoms with E-state index >= 15 is 0 Å². The van der Waals surface area contributed by atoms with Crippen LogP contribution in [0.3, 0.4) is 0 Å². The van der Waals surface area contributed by atoms with E-state index in [1.165, 1.54) is 13.2 Å². The molecule has 0 radical (unpaired) electrons.